The Balaban J connectivity index is 1.85. The van der Waals surface area contributed by atoms with Crippen molar-refractivity contribution in [2.24, 2.45) is 0 Å². The zero-order chi connectivity index (χ0) is 17.5. The van der Waals surface area contributed by atoms with Crippen LogP contribution >= 0.6 is 0 Å². The normalized spacial score (nSPS) is 15.4. The summed E-state index contributed by atoms with van der Waals surface area (Å²) in [6.45, 7) is 0.353. The third kappa shape index (κ3) is 3.30. The first-order chi connectivity index (χ1) is 11.2. The van der Waals surface area contributed by atoms with Gasteiger partial charge in [-0.1, -0.05) is 0 Å². The first-order valence-electron chi connectivity index (χ1n) is 7.09. The van der Waals surface area contributed by atoms with E-state index in [0.29, 0.717) is 0 Å². The highest BCUT2D eigenvalue weighted by Crippen LogP contribution is 2.27. The number of hydrogen-bond donors (Lipinski definition) is 1. The highest BCUT2D eigenvalue weighted by Gasteiger charge is 2.36. The molecule has 0 amide bonds. The van der Waals surface area contributed by atoms with Crippen LogP contribution in [0.5, 0.6) is 0 Å². The van der Waals surface area contributed by atoms with E-state index in [4.69, 9.17) is 0 Å². The molecule has 3 rings (SSSR count). The molecule has 4 nitrogen and oxygen atoms in total. The molecule has 0 spiro atoms. The second-order valence-corrected chi connectivity index (χ2v) is 5.53. The number of hydrogen-bond acceptors (Lipinski definition) is 3. The molecule has 0 saturated carbocycles. The molecule has 2 aromatic rings. The number of aromatic nitrogens is 2. The van der Waals surface area contributed by atoms with Gasteiger partial charge < -0.3 is 4.98 Å². The molecule has 24 heavy (non-hydrogen) atoms. The predicted molar refractivity (Wildman–Crippen MR) is 74.0 cm³/mol. The molecule has 9 heteroatoms. The summed E-state index contributed by atoms with van der Waals surface area (Å²) >= 11 is 0. The highest BCUT2D eigenvalue weighted by molar-refractivity contribution is 5.23. The van der Waals surface area contributed by atoms with Gasteiger partial charge >= 0.3 is 6.18 Å². The lowest BCUT2D eigenvalue weighted by molar-refractivity contribution is -0.145. The lowest BCUT2D eigenvalue weighted by atomic mass is 10.1. The van der Waals surface area contributed by atoms with Crippen LogP contribution in [0.2, 0.25) is 0 Å². The van der Waals surface area contributed by atoms with Gasteiger partial charge in [-0.3, -0.25) is 9.69 Å². The minimum atomic E-state index is -4.73. The molecule has 1 aliphatic rings. The van der Waals surface area contributed by atoms with Crippen LogP contribution in [0, 0.1) is 11.6 Å². The molecule has 0 saturated heterocycles. The van der Waals surface area contributed by atoms with E-state index in [1.165, 1.54) is 0 Å². The third-order valence-corrected chi connectivity index (χ3v) is 3.82. The standard InChI is InChI=1S/C15H12F5N3O/c16-9-1-2-11(17)8(5-9)6-23-4-3-12-10(7-23)13(24)22-14(21-12)15(18,19)20/h1-2,5H,3-4,6-7H2,(H,21,22,24). The number of nitrogens with zero attached hydrogens (tertiary/aromatic N) is 2. The van der Waals surface area contributed by atoms with Gasteiger partial charge in [-0.15, -0.1) is 0 Å². The monoisotopic (exact) mass is 345 g/mol. The fraction of sp³-hybridized carbons (Fsp3) is 0.333. The van der Waals surface area contributed by atoms with Crippen LogP contribution in [0.25, 0.3) is 0 Å². The van der Waals surface area contributed by atoms with Gasteiger partial charge in [-0.25, -0.2) is 13.8 Å². The van der Waals surface area contributed by atoms with Crippen molar-refractivity contribution in [2.75, 3.05) is 6.54 Å². The smallest absolute Gasteiger partial charge is 0.303 e. The Morgan fingerprint density at radius 1 is 1.25 bits per heavy atom. The van der Waals surface area contributed by atoms with E-state index < -0.39 is 29.2 Å². The molecule has 128 valence electrons. The zero-order valence-electron chi connectivity index (χ0n) is 12.3. The maximum Gasteiger partial charge on any atom is 0.449 e. The van der Waals surface area contributed by atoms with Gasteiger partial charge in [0, 0.05) is 31.6 Å². The molecule has 0 radical (unpaired) electrons. The Hall–Kier alpha value is -2.29. The van der Waals surface area contributed by atoms with E-state index in [1.54, 1.807) is 9.88 Å². The van der Waals surface area contributed by atoms with Crippen molar-refractivity contribution in [1.29, 1.82) is 0 Å². The molecule has 1 aromatic carbocycles. The van der Waals surface area contributed by atoms with Crippen molar-refractivity contribution in [3.05, 3.63) is 62.8 Å². The van der Waals surface area contributed by atoms with Crippen LogP contribution in [-0.4, -0.2) is 21.4 Å². The van der Waals surface area contributed by atoms with Gasteiger partial charge in [0.1, 0.15) is 11.6 Å². The van der Waals surface area contributed by atoms with Crippen LogP contribution in [0.1, 0.15) is 22.6 Å². The molecule has 0 bridgehead atoms. The summed E-state index contributed by atoms with van der Waals surface area (Å²) in [5.74, 6) is -2.49. The third-order valence-electron chi connectivity index (χ3n) is 3.82. The van der Waals surface area contributed by atoms with Crippen molar-refractivity contribution >= 4 is 0 Å². The molecule has 1 N–H and O–H groups in total. The summed E-state index contributed by atoms with van der Waals surface area (Å²) in [6.07, 6.45) is -4.60. The van der Waals surface area contributed by atoms with Crippen LogP contribution in [0.15, 0.2) is 23.0 Å². The van der Waals surface area contributed by atoms with E-state index in [1.807, 2.05) is 0 Å². The summed E-state index contributed by atoms with van der Waals surface area (Å²) in [6, 6.07) is 3.06. The van der Waals surface area contributed by atoms with Crippen molar-refractivity contribution in [3.63, 3.8) is 0 Å². The van der Waals surface area contributed by atoms with Crippen molar-refractivity contribution in [3.8, 4) is 0 Å². The van der Waals surface area contributed by atoms with Crippen molar-refractivity contribution < 1.29 is 22.0 Å². The Bertz CT molecular complexity index is 831. The number of fused-ring (bicyclic) bond motifs is 1. The maximum atomic E-state index is 13.7. The Labute approximate surface area is 132 Å². The number of nitrogens with one attached hydrogen (secondary N) is 1. The van der Waals surface area contributed by atoms with Gasteiger partial charge in [-0.05, 0) is 18.2 Å². The molecule has 0 fully saturated rings. The van der Waals surface area contributed by atoms with Gasteiger partial charge in [0.15, 0.2) is 0 Å². The molecule has 1 aliphatic heterocycles. The lowest BCUT2D eigenvalue weighted by Crippen LogP contribution is -2.36. The summed E-state index contributed by atoms with van der Waals surface area (Å²) in [4.78, 5) is 18.8. The Morgan fingerprint density at radius 3 is 2.71 bits per heavy atom. The number of rotatable bonds is 2. The molecule has 2 heterocycles. The maximum absolute atomic E-state index is 13.7. The molecule has 0 atom stereocenters. The highest BCUT2D eigenvalue weighted by atomic mass is 19.4. The van der Waals surface area contributed by atoms with Gasteiger partial charge in [0.2, 0.25) is 5.82 Å². The molecular formula is C15H12F5N3O. The number of H-pyrrole nitrogens is 1. The molecule has 0 aliphatic carbocycles. The summed E-state index contributed by atoms with van der Waals surface area (Å²) < 4.78 is 64.9. The van der Waals surface area contributed by atoms with Crippen molar-refractivity contribution in [1.82, 2.24) is 14.9 Å². The SMILES string of the molecule is O=c1[nH]c(C(F)(F)F)nc2c1CN(Cc1cc(F)ccc1F)CC2. The average Bonchev–Trinajstić information content (AvgIpc) is 2.50. The number of aromatic amines is 1. The predicted octanol–water partition coefficient (Wildman–Crippen LogP) is 2.63. The van der Waals surface area contributed by atoms with Gasteiger partial charge in [-0.2, -0.15) is 13.2 Å². The molecular weight excluding hydrogens is 333 g/mol. The topological polar surface area (TPSA) is 49.0 Å². The number of alkyl halides is 3. The molecule has 0 unspecified atom stereocenters. The van der Waals surface area contributed by atoms with Crippen LogP contribution in [0.4, 0.5) is 22.0 Å². The van der Waals surface area contributed by atoms with E-state index in [-0.39, 0.29) is 42.9 Å². The zero-order valence-corrected chi connectivity index (χ0v) is 12.3. The first-order valence-corrected chi connectivity index (χ1v) is 7.09. The van der Waals surface area contributed by atoms with Gasteiger partial charge in [0.25, 0.3) is 5.56 Å². The van der Waals surface area contributed by atoms with Crippen molar-refractivity contribution in [2.45, 2.75) is 25.7 Å². The largest absolute Gasteiger partial charge is 0.449 e. The van der Waals surface area contributed by atoms with E-state index >= 15 is 0 Å². The van der Waals surface area contributed by atoms with Crippen LogP contribution < -0.4 is 5.56 Å². The number of halogens is 5. The van der Waals surface area contributed by atoms with Crippen LogP contribution in [-0.2, 0) is 25.7 Å². The van der Waals surface area contributed by atoms with Crippen LogP contribution in [0.3, 0.4) is 0 Å². The summed E-state index contributed by atoms with van der Waals surface area (Å²) in [5, 5.41) is 0. The quantitative estimate of drug-likeness (QED) is 0.852. The summed E-state index contributed by atoms with van der Waals surface area (Å²) in [5.41, 5.74) is -0.542. The molecule has 1 aromatic heterocycles. The van der Waals surface area contributed by atoms with E-state index in [0.717, 1.165) is 18.2 Å². The fourth-order valence-electron chi connectivity index (χ4n) is 2.66. The minimum Gasteiger partial charge on any atom is -0.303 e. The first kappa shape index (κ1) is 16.6. The van der Waals surface area contributed by atoms with E-state index in [9.17, 15) is 26.7 Å². The van der Waals surface area contributed by atoms with Gasteiger partial charge in [0.05, 0.1) is 11.3 Å². The Morgan fingerprint density at radius 2 is 2.00 bits per heavy atom. The summed E-state index contributed by atoms with van der Waals surface area (Å²) in [7, 11) is 0. The Kier molecular flexibility index (Phi) is 4.12. The second-order valence-electron chi connectivity index (χ2n) is 5.53. The minimum absolute atomic E-state index is 0.0196. The average molecular weight is 345 g/mol. The number of benzene rings is 1. The fourth-order valence-corrected chi connectivity index (χ4v) is 2.66. The lowest BCUT2D eigenvalue weighted by Gasteiger charge is -2.28. The van der Waals surface area contributed by atoms with E-state index in [2.05, 4.69) is 4.98 Å². The second kappa shape index (κ2) is 5.97.